The number of aliphatic hydroxyl groups is 3. The summed E-state index contributed by atoms with van der Waals surface area (Å²) in [6.45, 7) is -0.431. The number of imidazole rings is 1. The molecule has 4 N–H and O–H groups in total. The number of carbonyl (C=O) groups excluding carboxylic acids is 1. The number of ether oxygens (including phenoxy) is 1. The fourth-order valence-electron chi connectivity index (χ4n) is 2.42. The standard InChI is InChI=1S/C12H14N5O5S/c1-23-12-15-9(14-4-19)6-10(16-12)17(3-13-6)11-8(21)7(20)5(2-18)22-11/h3,5,7-8,11,18,20-21H,2H2,1H3,(H,14,15,16,19)/t5-,7-,8-,11-/m1/s1. The Morgan fingerprint density at radius 1 is 1.43 bits per heavy atom. The van der Waals surface area contributed by atoms with Crippen molar-refractivity contribution in [3.8, 4) is 0 Å². The van der Waals surface area contributed by atoms with Gasteiger partial charge in [-0.15, -0.1) is 0 Å². The van der Waals surface area contributed by atoms with Crippen LogP contribution in [0.4, 0.5) is 5.82 Å². The van der Waals surface area contributed by atoms with Crippen LogP contribution in [0.15, 0.2) is 11.5 Å². The highest BCUT2D eigenvalue weighted by atomic mass is 32.2. The molecular formula is C12H14N5O5S. The van der Waals surface area contributed by atoms with Gasteiger partial charge in [0.25, 0.3) is 0 Å². The lowest BCUT2D eigenvalue weighted by atomic mass is 10.1. The van der Waals surface area contributed by atoms with Crippen molar-refractivity contribution in [2.24, 2.45) is 0 Å². The molecule has 123 valence electrons. The molecule has 1 amide bonds. The number of nitrogens with one attached hydrogen (secondary N) is 1. The summed E-state index contributed by atoms with van der Waals surface area (Å²) in [4.78, 5) is 23.1. The second kappa shape index (κ2) is 6.37. The molecule has 23 heavy (non-hydrogen) atoms. The van der Waals surface area contributed by atoms with Crippen LogP contribution < -0.4 is 5.32 Å². The zero-order valence-corrected chi connectivity index (χ0v) is 12.8. The van der Waals surface area contributed by atoms with E-state index in [0.29, 0.717) is 16.3 Å². The van der Waals surface area contributed by atoms with Crippen molar-refractivity contribution in [1.29, 1.82) is 0 Å². The van der Waals surface area contributed by atoms with Crippen molar-refractivity contribution in [2.75, 3.05) is 18.2 Å². The molecule has 0 aromatic carbocycles. The van der Waals surface area contributed by atoms with Crippen molar-refractivity contribution >= 4 is 35.2 Å². The Kier molecular flexibility index (Phi) is 4.46. The van der Waals surface area contributed by atoms with Crippen LogP contribution in [-0.4, -0.2) is 72.4 Å². The maximum atomic E-state index is 10.6. The van der Waals surface area contributed by atoms with Crippen LogP contribution in [0.5, 0.6) is 0 Å². The Hall–Kier alpha value is -1.79. The molecule has 4 atom stereocenters. The average molecular weight is 340 g/mol. The van der Waals surface area contributed by atoms with Crippen molar-refractivity contribution in [3.05, 3.63) is 6.33 Å². The first-order valence-corrected chi connectivity index (χ1v) is 7.87. The molecule has 1 aliphatic rings. The van der Waals surface area contributed by atoms with Gasteiger partial charge in [0.1, 0.15) is 18.3 Å². The fourth-order valence-corrected chi connectivity index (χ4v) is 2.78. The number of thioether (sulfide) groups is 1. The summed E-state index contributed by atoms with van der Waals surface area (Å²) in [6.07, 6.45) is 0.299. The molecular weight excluding hydrogens is 326 g/mol. The van der Waals surface area contributed by atoms with Gasteiger partial charge in [-0.3, -0.25) is 9.36 Å². The lowest BCUT2D eigenvalue weighted by Gasteiger charge is -2.16. The van der Waals surface area contributed by atoms with E-state index in [0.717, 1.165) is 0 Å². The van der Waals surface area contributed by atoms with Gasteiger partial charge in [0, 0.05) is 0 Å². The zero-order valence-electron chi connectivity index (χ0n) is 11.9. The quantitative estimate of drug-likeness (QED) is 0.295. The van der Waals surface area contributed by atoms with E-state index in [1.807, 2.05) is 0 Å². The highest BCUT2D eigenvalue weighted by molar-refractivity contribution is 7.98. The lowest BCUT2D eigenvalue weighted by molar-refractivity contribution is -0.0511. The molecule has 0 unspecified atom stereocenters. The van der Waals surface area contributed by atoms with Gasteiger partial charge < -0.3 is 25.4 Å². The molecule has 2 aromatic rings. The summed E-state index contributed by atoms with van der Waals surface area (Å²) in [5.74, 6) is 0.180. The van der Waals surface area contributed by atoms with Crippen molar-refractivity contribution in [3.63, 3.8) is 0 Å². The molecule has 0 bridgehead atoms. The molecule has 1 radical (unpaired) electrons. The Labute approximate surface area is 134 Å². The molecule has 1 fully saturated rings. The van der Waals surface area contributed by atoms with Crippen molar-refractivity contribution < 1.29 is 24.9 Å². The van der Waals surface area contributed by atoms with Gasteiger partial charge >= 0.3 is 6.41 Å². The summed E-state index contributed by atoms with van der Waals surface area (Å²) >= 11 is 1.26. The fraction of sp³-hybridized carbons (Fsp3) is 0.500. The number of hydrogen-bond donors (Lipinski definition) is 4. The number of rotatable bonds is 5. The summed E-state index contributed by atoms with van der Waals surface area (Å²) in [5.41, 5.74) is 0.612. The monoisotopic (exact) mass is 340 g/mol. The van der Waals surface area contributed by atoms with Crippen LogP contribution in [0.1, 0.15) is 6.23 Å². The van der Waals surface area contributed by atoms with E-state index in [9.17, 15) is 20.1 Å². The van der Waals surface area contributed by atoms with Crippen LogP contribution in [0.2, 0.25) is 0 Å². The Morgan fingerprint density at radius 2 is 2.22 bits per heavy atom. The van der Waals surface area contributed by atoms with Crippen LogP contribution in [-0.2, 0) is 9.53 Å². The molecule has 3 rings (SSSR count). The lowest BCUT2D eigenvalue weighted by Crippen LogP contribution is -2.33. The average Bonchev–Trinajstić information content (AvgIpc) is 3.10. The molecule has 0 aliphatic carbocycles. The molecule has 0 saturated carbocycles. The van der Waals surface area contributed by atoms with E-state index in [-0.39, 0.29) is 5.82 Å². The predicted octanol–water partition coefficient (Wildman–Crippen LogP) is -1.36. The summed E-state index contributed by atoms with van der Waals surface area (Å²) in [6, 6.07) is 0. The number of aliphatic hydroxyl groups excluding tert-OH is 3. The van der Waals surface area contributed by atoms with E-state index in [4.69, 9.17) is 4.74 Å². The van der Waals surface area contributed by atoms with Gasteiger partial charge in [0.05, 0.1) is 12.9 Å². The third kappa shape index (κ3) is 2.66. The largest absolute Gasteiger partial charge is 0.394 e. The van der Waals surface area contributed by atoms with Crippen LogP contribution in [0.25, 0.3) is 11.2 Å². The summed E-state index contributed by atoms with van der Waals surface area (Å²) < 4.78 is 6.90. The van der Waals surface area contributed by atoms with Gasteiger partial charge in [-0.1, -0.05) is 11.8 Å². The topological polar surface area (TPSA) is 143 Å². The zero-order chi connectivity index (χ0) is 16.6. The Bertz CT molecular complexity index is 725. The number of aromatic nitrogens is 4. The first-order valence-electron chi connectivity index (χ1n) is 6.65. The normalized spacial score (nSPS) is 27.5. The van der Waals surface area contributed by atoms with E-state index in [1.165, 1.54) is 29.1 Å². The molecule has 1 aliphatic heterocycles. The van der Waals surface area contributed by atoms with Crippen molar-refractivity contribution in [2.45, 2.75) is 29.7 Å². The second-order valence-electron chi connectivity index (χ2n) is 4.84. The maximum absolute atomic E-state index is 10.6. The number of amides is 1. The molecule has 2 aromatic heterocycles. The van der Waals surface area contributed by atoms with Crippen LogP contribution >= 0.6 is 11.8 Å². The van der Waals surface area contributed by atoms with Gasteiger partial charge in [-0.05, 0) is 6.26 Å². The molecule has 11 heteroatoms. The van der Waals surface area contributed by atoms with E-state index in [2.05, 4.69) is 20.3 Å². The van der Waals surface area contributed by atoms with Crippen molar-refractivity contribution in [1.82, 2.24) is 19.5 Å². The van der Waals surface area contributed by atoms with E-state index >= 15 is 0 Å². The number of anilines is 1. The Morgan fingerprint density at radius 3 is 2.83 bits per heavy atom. The van der Waals surface area contributed by atoms with Gasteiger partial charge in [0.2, 0.25) is 0 Å². The second-order valence-corrected chi connectivity index (χ2v) is 5.61. The first-order chi connectivity index (χ1) is 11.1. The van der Waals surface area contributed by atoms with Gasteiger partial charge in [0.15, 0.2) is 28.4 Å². The molecule has 1 saturated heterocycles. The van der Waals surface area contributed by atoms with Gasteiger partial charge in [-0.25, -0.2) is 15.0 Å². The van der Waals surface area contributed by atoms with E-state index in [1.54, 1.807) is 6.26 Å². The SMILES string of the molecule is CSc1nc(N[C]=O)c2ncn([C@@H]3O[C@H](CO)[C@@H](O)[C@H]3O)c2n1. The first kappa shape index (κ1) is 16.1. The van der Waals surface area contributed by atoms with Crippen LogP contribution in [0, 0.1) is 0 Å². The number of fused-ring (bicyclic) bond motifs is 1. The molecule has 10 nitrogen and oxygen atoms in total. The minimum absolute atomic E-state index is 0.180. The van der Waals surface area contributed by atoms with Gasteiger partial charge in [-0.2, -0.15) is 0 Å². The van der Waals surface area contributed by atoms with E-state index < -0.39 is 31.1 Å². The predicted molar refractivity (Wildman–Crippen MR) is 79.4 cm³/mol. The highest BCUT2D eigenvalue weighted by Crippen LogP contribution is 2.32. The van der Waals surface area contributed by atoms with Crippen LogP contribution in [0.3, 0.4) is 0 Å². The molecule has 0 spiro atoms. The third-order valence-electron chi connectivity index (χ3n) is 3.54. The minimum atomic E-state index is -1.26. The summed E-state index contributed by atoms with van der Waals surface area (Å²) in [5, 5.41) is 31.9. The molecule has 3 heterocycles. The highest BCUT2D eigenvalue weighted by Gasteiger charge is 2.44. The third-order valence-corrected chi connectivity index (χ3v) is 4.09. The Balaban J connectivity index is 2.08. The minimum Gasteiger partial charge on any atom is -0.394 e. The number of hydrogen-bond acceptors (Lipinski definition) is 9. The number of nitrogens with zero attached hydrogens (tertiary/aromatic N) is 4. The smallest absolute Gasteiger partial charge is 0.315 e. The maximum Gasteiger partial charge on any atom is 0.315 e. The summed E-state index contributed by atoms with van der Waals surface area (Å²) in [7, 11) is 0.